The van der Waals surface area contributed by atoms with Crippen molar-refractivity contribution in [1.29, 1.82) is 0 Å². The van der Waals surface area contributed by atoms with Crippen LogP contribution in [-0.2, 0) is 11.3 Å². The van der Waals surface area contributed by atoms with E-state index >= 15 is 0 Å². The van der Waals surface area contributed by atoms with Crippen LogP contribution in [0.2, 0.25) is 0 Å². The van der Waals surface area contributed by atoms with Gasteiger partial charge in [-0.05, 0) is 86.0 Å². The zero-order chi connectivity index (χ0) is 22.0. The molecule has 2 aliphatic rings. The van der Waals surface area contributed by atoms with E-state index in [0.29, 0.717) is 36.4 Å². The number of hydrogen-bond donors (Lipinski definition) is 1. The molecule has 2 aromatic carbocycles. The second-order valence-corrected chi connectivity index (χ2v) is 9.22. The van der Waals surface area contributed by atoms with E-state index in [1.807, 2.05) is 18.2 Å². The molecule has 1 saturated heterocycles. The van der Waals surface area contributed by atoms with Crippen LogP contribution < -0.4 is 4.74 Å². The average molecular weight is 432 g/mol. The zero-order valence-corrected chi connectivity index (χ0v) is 18.0. The Morgan fingerprint density at radius 1 is 1.10 bits per heavy atom. The maximum Gasteiger partial charge on any atom is 0.306 e. The number of rotatable bonds is 6. The van der Waals surface area contributed by atoms with Gasteiger partial charge in [-0.15, -0.1) is 0 Å². The van der Waals surface area contributed by atoms with E-state index < -0.39 is 12.4 Å². The van der Waals surface area contributed by atoms with Crippen LogP contribution in [0.3, 0.4) is 0 Å². The number of carboxylic acids is 1. The molecule has 1 saturated carbocycles. The lowest BCUT2D eigenvalue weighted by molar-refractivity contribution is -0.143. The summed E-state index contributed by atoms with van der Waals surface area (Å²) in [5.74, 6) is 0.0165. The number of alkyl halides is 2. The molecule has 6 heteroatoms. The number of ether oxygens (including phenoxy) is 1. The van der Waals surface area contributed by atoms with Gasteiger partial charge in [0.15, 0.2) is 0 Å². The molecule has 4 nitrogen and oxygen atoms in total. The van der Waals surface area contributed by atoms with Crippen molar-refractivity contribution in [3.8, 4) is 5.75 Å². The van der Waals surface area contributed by atoms with Crippen molar-refractivity contribution in [2.24, 2.45) is 11.8 Å². The molecule has 31 heavy (non-hydrogen) atoms. The van der Waals surface area contributed by atoms with Gasteiger partial charge < -0.3 is 9.84 Å². The van der Waals surface area contributed by atoms with Gasteiger partial charge >= 0.3 is 5.97 Å². The maximum atomic E-state index is 14.0. The Morgan fingerprint density at radius 3 is 2.45 bits per heavy atom. The quantitative estimate of drug-likeness (QED) is 0.607. The Hall–Kier alpha value is -2.21. The highest BCUT2D eigenvalue weighted by Crippen LogP contribution is 2.38. The topological polar surface area (TPSA) is 49.8 Å². The molecule has 2 aromatic rings. The number of aliphatic carboxylic acids is 1. The number of fused-ring (bicyclic) bond motifs is 1. The molecule has 0 aromatic heterocycles. The summed E-state index contributed by atoms with van der Waals surface area (Å²) in [6.07, 6.45) is 2.71. The molecule has 1 aliphatic heterocycles. The summed E-state index contributed by atoms with van der Waals surface area (Å²) < 4.78 is 34.1. The number of halogens is 2. The zero-order valence-electron chi connectivity index (χ0n) is 18.0. The molecule has 0 atom stereocenters. The molecule has 0 bridgehead atoms. The first-order valence-electron chi connectivity index (χ1n) is 11.4. The molecule has 0 amide bonds. The van der Waals surface area contributed by atoms with E-state index in [-0.39, 0.29) is 17.6 Å². The number of carboxylic acid groups (broad SMARTS) is 1. The van der Waals surface area contributed by atoms with E-state index in [9.17, 15) is 13.6 Å². The van der Waals surface area contributed by atoms with Gasteiger partial charge in [-0.3, -0.25) is 9.69 Å². The third kappa shape index (κ3) is 5.17. The van der Waals surface area contributed by atoms with Crippen LogP contribution >= 0.6 is 0 Å². The lowest BCUT2D eigenvalue weighted by Crippen LogP contribution is -2.35. The van der Waals surface area contributed by atoms with Gasteiger partial charge in [-0.1, -0.05) is 25.1 Å². The molecule has 0 unspecified atom stereocenters. The second-order valence-electron chi connectivity index (χ2n) is 9.22. The van der Waals surface area contributed by atoms with Gasteiger partial charge in [0, 0.05) is 6.54 Å². The molecule has 1 N–H and O–H groups in total. The minimum Gasteiger partial charge on any atom is -0.490 e. The van der Waals surface area contributed by atoms with Gasteiger partial charge in [0.1, 0.15) is 5.75 Å². The van der Waals surface area contributed by atoms with E-state index in [1.54, 1.807) is 12.1 Å². The summed E-state index contributed by atoms with van der Waals surface area (Å²) in [6.45, 7) is 4.40. The van der Waals surface area contributed by atoms with E-state index in [1.165, 1.54) is 0 Å². The summed E-state index contributed by atoms with van der Waals surface area (Å²) in [7, 11) is 0. The van der Waals surface area contributed by atoms with Gasteiger partial charge in [0.05, 0.1) is 17.6 Å². The minimum atomic E-state index is -2.60. The van der Waals surface area contributed by atoms with E-state index in [4.69, 9.17) is 9.84 Å². The van der Waals surface area contributed by atoms with Crippen LogP contribution in [0.1, 0.15) is 63.0 Å². The SMILES string of the molecule is CC1CCC(Oc2ccc3cc(CN4CCC(C(=O)O)CC4)ccc3c2C(F)F)CC1. The fourth-order valence-electron chi connectivity index (χ4n) is 4.93. The van der Waals surface area contributed by atoms with Crippen molar-refractivity contribution in [1.82, 2.24) is 4.90 Å². The molecule has 2 fully saturated rings. The van der Waals surface area contributed by atoms with Crippen molar-refractivity contribution in [2.45, 2.75) is 64.5 Å². The largest absolute Gasteiger partial charge is 0.490 e. The highest BCUT2D eigenvalue weighted by molar-refractivity contribution is 5.88. The first-order valence-corrected chi connectivity index (χ1v) is 11.4. The Bertz CT molecular complexity index is 916. The van der Waals surface area contributed by atoms with Crippen LogP contribution in [0.15, 0.2) is 30.3 Å². The first-order chi connectivity index (χ1) is 14.9. The summed E-state index contributed by atoms with van der Waals surface area (Å²) in [5, 5.41) is 10.5. The van der Waals surface area contributed by atoms with Crippen LogP contribution in [0.25, 0.3) is 10.8 Å². The Labute approximate surface area is 182 Å². The smallest absolute Gasteiger partial charge is 0.306 e. The van der Waals surface area contributed by atoms with Crippen molar-refractivity contribution in [2.75, 3.05) is 13.1 Å². The van der Waals surface area contributed by atoms with Crippen LogP contribution in [0.4, 0.5) is 8.78 Å². The molecule has 1 aliphatic carbocycles. The second kappa shape index (κ2) is 9.51. The number of piperidine rings is 1. The van der Waals surface area contributed by atoms with Gasteiger partial charge in [0.25, 0.3) is 6.43 Å². The van der Waals surface area contributed by atoms with Gasteiger partial charge in [0.2, 0.25) is 0 Å². The number of carbonyl (C=O) groups is 1. The maximum absolute atomic E-state index is 14.0. The van der Waals surface area contributed by atoms with Crippen LogP contribution in [0, 0.1) is 11.8 Å². The number of benzene rings is 2. The molecular formula is C25H31F2NO3. The highest BCUT2D eigenvalue weighted by atomic mass is 19.3. The van der Waals surface area contributed by atoms with E-state index in [2.05, 4.69) is 11.8 Å². The van der Waals surface area contributed by atoms with Crippen LogP contribution in [-0.4, -0.2) is 35.2 Å². The fourth-order valence-corrected chi connectivity index (χ4v) is 4.93. The monoisotopic (exact) mass is 431 g/mol. The highest BCUT2D eigenvalue weighted by Gasteiger charge is 2.26. The van der Waals surface area contributed by atoms with Gasteiger partial charge in [-0.2, -0.15) is 0 Å². The molecule has 0 spiro atoms. The average Bonchev–Trinajstić information content (AvgIpc) is 2.75. The number of likely N-dealkylation sites (tertiary alicyclic amines) is 1. The number of hydrogen-bond acceptors (Lipinski definition) is 3. The standard InChI is InChI=1S/C25H31F2NO3/c1-16-2-6-20(7-3-16)31-22-9-5-19-14-17(4-8-21(19)23(22)24(26)27)15-28-12-10-18(11-13-28)25(29)30/h4-5,8-9,14,16,18,20,24H,2-3,6-7,10-13,15H2,1H3,(H,29,30). The summed E-state index contributed by atoms with van der Waals surface area (Å²) in [5.41, 5.74) is 1.04. The predicted molar refractivity (Wildman–Crippen MR) is 117 cm³/mol. The lowest BCUT2D eigenvalue weighted by Gasteiger charge is -2.30. The molecule has 0 radical (unpaired) electrons. The lowest BCUT2D eigenvalue weighted by atomic mass is 9.89. The van der Waals surface area contributed by atoms with Crippen molar-refractivity contribution < 1.29 is 23.4 Å². The summed E-state index contributed by atoms with van der Waals surface area (Å²) in [6, 6.07) is 9.23. The summed E-state index contributed by atoms with van der Waals surface area (Å²) >= 11 is 0. The van der Waals surface area contributed by atoms with Crippen LogP contribution in [0.5, 0.6) is 5.75 Å². The minimum absolute atomic E-state index is 0.00931. The van der Waals surface area contributed by atoms with Gasteiger partial charge in [-0.25, -0.2) is 8.78 Å². The Balaban J connectivity index is 1.50. The first kappa shape index (κ1) is 22.0. The third-order valence-electron chi connectivity index (χ3n) is 6.90. The Kier molecular flexibility index (Phi) is 6.75. The third-order valence-corrected chi connectivity index (χ3v) is 6.90. The van der Waals surface area contributed by atoms with Crippen molar-refractivity contribution >= 4 is 16.7 Å². The molecular weight excluding hydrogens is 400 g/mol. The molecule has 168 valence electrons. The van der Waals surface area contributed by atoms with Crippen molar-refractivity contribution in [3.05, 3.63) is 41.5 Å². The predicted octanol–water partition coefficient (Wildman–Crippen LogP) is 6.03. The number of nitrogens with zero attached hydrogens (tertiary/aromatic N) is 1. The van der Waals surface area contributed by atoms with E-state index in [0.717, 1.165) is 49.7 Å². The summed E-state index contributed by atoms with van der Waals surface area (Å²) in [4.78, 5) is 13.4. The Morgan fingerprint density at radius 2 is 1.81 bits per heavy atom. The molecule has 1 heterocycles. The van der Waals surface area contributed by atoms with Crippen molar-refractivity contribution in [3.63, 3.8) is 0 Å². The molecule has 4 rings (SSSR count). The fraction of sp³-hybridized carbons (Fsp3) is 0.560. The normalized spacial score (nSPS) is 23.4.